The highest BCUT2D eigenvalue weighted by molar-refractivity contribution is 8.00. The lowest BCUT2D eigenvalue weighted by Gasteiger charge is -2.30. The van der Waals surface area contributed by atoms with Crippen molar-refractivity contribution < 1.29 is 19.4 Å². The highest BCUT2D eigenvalue weighted by Gasteiger charge is 2.43. The zero-order chi connectivity index (χ0) is 14.0. The Labute approximate surface area is 117 Å². The van der Waals surface area contributed by atoms with Crippen molar-refractivity contribution in [2.24, 2.45) is 5.92 Å². The van der Waals surface area contributed by atoms with Crippen molar-refractivity contribution in [2.75, 3.05) is 12.4 Å². The van der Waals surface area contributed by atoms with Gasteiger partial charge in [0.05, 0.1) is 17.9 Å². The summed E-state index contributed by atoms with van der Waals surface area (Å²) >= 11 is 1.56. The second-order valence-electron chi connectivity index (χ2n) is 5.46. The predicted molar refractivity (Wildman–Crippen MR) is 72.9 cm³/mol. The smallest absolute Gasteiger partial charge is 0.327 e. The van der Waals surface area contributed by atoms with E-state index in [0.29, 0.717) is 18.8 Å². The first kappa shape index (κ1) is 14.7. The molecule has 0 aromatic rings. The molecular formula is C13H21NO4S. The van der Waals surface area contributed by atoms with Crippen molar-refractivity contribution in [1.82, 2.24) is 4.90 Å². The molecule has 2 saturated heterocycles. The van der Waals surface area contributed by atoms with E-state index >= 15 is 0 Å². The predicted octanol–water partition coefficient (Wildman–Crippen LogP) is 1.57. The molecule has 0 saturated carbocycles. The molecule has 2 heterocycles. The first-order valence-electron chi connectivity index (χ1n) is 6.78. The average Bonchev–Trinajstić information content (AvgIpc) is 2.95. The van der Waals surface area contributed by atoms with E-state index in [0.717, 1.165) is 12.8 Å². The third-order valence-electron chi connectivity index (χ3n) is 3.60. The normalized spacial score (nSPS) is 31.1. The van der Waals surface area contributed by atoms with Gasteiger partial charge in [-0.25, -0.2) is 4.79 Å². The molecule has 0 aliphatic carbocycles. The van der Waals surface area contributed by atoms with Gasteiger partial charge in [-0.2, -0.15) is 0 Å². The topological polar surface area (TPSA) is 66.8 Å². The number of carboxylic acids is 1. The van der Waals surface area contributed by atoms with Crippen LogP contribution in [0.25, 0.3) is 0 Å². The Morgan fingerprint density at radius 1 is 1.47 bits per heavy atom. The van der Waals surface area contributed by atoms with Gasteiger partial charge in [-0.15, -0.1) is 11.8 Å². The van der Waals surface area contributed by atoms with Crippen LogP contribution in [-0.4, -0.2) is 51.8 Å². The van der Waals surface area contributed by atoms with Gasteiger partial charge in [0.15, 0.2) is 0 Å². The van der Waals surface area contributed by atoms with E-state index < -0.39 is 12.0 Å². The number of carbonyl (C=O) groups excluding carboxylic acids is 1. The van der Waals surface area contributed by atoms with Crippen molar-refractivity contribution in [1.29, 1.82) is 0 Å². The van der Waals surface area contributed by atoms with Crippen LogP contribution in [0.4, 0.5) is 0 Å². The molecule has 1 amide bonds. The largest absolute Gasteiger partial charge is 0.480 e. The van der Waals surface area contributed by atoms with Crippen LogP contribution in [0, 0.1) is 5.92 Å². The van der Waals surface area contributed by atoms with Gasteiger partial charge in [0, 0.05) is 12.4 Å². The Balaban J connectivity index is 2.06. The Bertz CT molecular complexity index is 355. The average molecular weight is 287 g/mol. The Kier molecular flexibility index (Phi) is 4.73. The van der Waals surface area contributed by atoms with Crippen molar-refractivity contribution >= 4 is 23.6 Å². The molecule has 2 aliphatic rings. The number of carbonyl (C=O) groups is 2. The maximum Gasteiger partial charge on any atom is 0.327 e. The van der Waals surface area contributed by atoms with Crippen LogP contribution in [0.2, 0.25) is 0 Å². The molecule has 2 aliphatic heterocycles. The number of aliphatic carboxylic acids is 1. The zero-order valence-corrected chi connectivity index (χ0v) is 12.2. The fraction of sp³-hybridized carbons (Fsp3) is 0.846. The van der Waals surface area contributed by atoms with Crippen LogP contribution < -0.4 is 0 Å². The molecule has 2 fully saturated rings. The summed E-state index contributed by atoms with van der Waals surface area (Å²) in [5, 5.41) is 9.22. The number of hydrogen-bond donors (Lipinski definition) is 1. The number of amides is 1. The van der Waals surface area contributed by atoms with E-state index in [1.165, 1.54) is 0 Å². The number of ether oxygens (including phenoxy) is 1. The fourth-order valence-corrected chi connectivity index (χ4v) is 4.15. The molecule has 0 aromatic heterocycles. The summed E-state index contributed by atoms with van der Waals surface area (Å²) < 4.78 is 5.47. The molecule has 0 bridgehead atoms. The van der Waals surface area contributed by atoms with Gasteiger partial charge in [0.1, 0.15) is 6.04 Å². The SMILES string of the molecule is CC(C)C1SCC(C(=O)O)N1C(=O)CC1CCCO1. The molecule has 3 unspecified atom stereocenters. The van der Waals surface area contributed by atoms with E-state index in [4.69, 9.17) is 4.74 Å². The molecule has 0 aromatic carbocycles. The minimum Gasteiger partial charge on any atom is -0.480 e. The standard InChI is InChI=1S/C13H21NO4S/c1-8(2)12-14(10(7-19-12)13(16)17)11(15)6-9-4-3-5-18-9/h8-10,12H,3-7H2,1-2H3,(H,16,17). The number of hydrogen-bond acceptors (Lipinski definition) is 4. The number of nitrogens with zero attached hydrogens (tertiary/aromatic N) is 1. The van der Waals surface area contributed by atoms with Gasteiger partial charge < -0.3 is 14.7 Å². The number of rotatable bonds is 4. The van der Waals surface area contributed by atoms with Crippen LogP contribution in [0.1, 0.15) is 33.1 Å². The molecule has 0 spiro atoms. The van der Waals surface area contributed by atoms with Gasteiger partial charge in [0.25, 0.3) is 0 Å². The van der Waals surface area contributed by atoms with Gasteiger partial charge in [-0.1, -0.05) is 13.8 Å². The highest BCUT2D eigenvalue weighted by Crippen LogP contribution is 2.35. The summed E-state index contributed by atoms with van der Waals surface area (Å²) in [4.78, 5) is 25.3. The molecule has 3 atom stereocenters. The van der Waals surface area contributed by atoms with E-state index in [1.54, 1.807) is 16.7 Å². The second kappa shape index (κ2) is 6.13. The van der Waals surface area contributed by atoms with Crippen molar-refractivity contribution in [3.63, 3.8) is 0 Å². The quantitative estimate of drug-likeness (QED) is 0.850. The number of carboxylic acid groups (broad SMARTS) is 1. The lowest BCUT2D eigenvalue weighted by molar-refractivity contribution is -0.150. The summed E-state index contributed by atoms with van der Waals surface area (Å²) in [6, 6.07) is -0.689. The highest BCUT2D eigenvalue weighted by atomic mass is 32.2. The third kappa shape index (κ3) is 3.23. The van der Waals surface area contributed by atoms with Gasteiger partial charge in [-0.3, -0.25) is 4.79 Å². The van der Waals surface area contributed by atoms with E-state index in [-0.39, 0.29) is 23.3 Å². The first-order chi connectivity index (χ1) is 9.00. The third-order valence-corrected chi connectivity index (χ3v) is 5.23. The molecule has 19 heavy (non-hydrogen) atoms. The number of thioether (sulfide) groups is 1. The van der Waals surface area contributed by atoms with Gasteiger partial charge in [-0.05, 0) is 18.8 Å². The first-order valence-corrected chi connectivity index (χ1v) is 7.82. The maximum atomic E-state index is 12.4. The van der Waals surface area contributed by atoms with Crippen LogP contribution in [-0.2, 0) is 14.3 Å². The van der Waals surface area contributed by atoms with E-state index in [9.17, 15) is 14.7 Å². The summed E-state index contributed by atoms with van der Waals surface area (Å²) in [6.07, 6.45) is 2.17. The summed E-state index contributed by atoms with van der Waals surface area (Å²) in [5.74, 6) is -0.253. The molecule has 0 radical (unpaired) electrons. The second-order valence-corrected chi connectivity index (χ2v) is 6.61. The minimum atomic E-state index is -0.906. The fourth-order valence-electron chi connectivity index (χ4n) is 2.65. The van der Waals surface area contributed by atoms with Gasteiger partial charge >= 0.3 is 5.97 Å². The molecule has 1 N–H and O–H groups in total. The molecule has 6 heteroatoms. The molecule has 108 valence electrons. The van der Waals surface area contributed by atoms with E-state index in [2.05, 4.69) is 0 Å². The summed E-state index contributed by atoms with van der Waals surface area (Å²) in [5.41, 5.74) is 0. The molecular weight excluding hydrogens is 266 g/mol. The molecule has 2 rings (SSSR count). The Hall–Kier alpha value is -0.750. The van der Waals surface area contributed by atoms with Crippen LogP contribution in [0.15, 0.2) is 0 Å². The Morgan fingerprint density at radius 2 is 2.21 bits per heavy atom. The van der Waals surface area contributed by atoms with Gasteiger partial charge in [0.2, 0.25) is 5.91 Å². The van der Waals surface area contributed by atoms with Crippen LogP contribution >= 0.6 is 11.8 Å². The Morgan fingerprint density at radius 3 is 2.74 bits per heavy atom. The van der Waals surface area contributed by atoms with Crippen molar-refractivity contribution in [2.45, 2.75) is 50.6 Å². The lowest BCUT2D eigenvalue weighted by atomic mass is 10.1. The molecule has 5 nitrogen and oxygen atoms in total. The minimum absolute atomic E-state index is 0.0274. The van der Waals surface area contributed by atoms with Crippen LogP contribution in [0.3, 0.4) is 0 Å². The summed E-state index contributed by atoms with van der Waals surface area (Å²) in [6.45, 7) is 4.76. The summed E-state index contributed by atoms with van der Waals surface area (Å²) in [7, 11) is 0. The monoisotopic (exact) mass is 287 g/mol. The maximum absolute atomic E-state index is 12.4. The van der Waals surface area contributed by atoms with E-state index in [1.807, 2.05) is 13.8 Å². The lowest BCUT2D eigenvalue weighted by Crippen LogP contribution is -2.47. The van der Waals surface area contributed by atoms with Crippen molar-refractivity contribution in [3.8, 4) is 0 Å². The zero-order valence-electron chi connectivity index (χ0n) is 11.4. The van der Waals surface area contributed by atoms with Crippen molar-refractivity contribution in [3.05, 3.63) is 0 Å². The van der Waals surface area contributed by atoms with Crippen LogP contribution in [0.5, 0.6) is 0 Å².